The number of ether oxygens (including phenoxy) is 1. The first-order valence-electron chi connectivity index (χ1n) is 11.7. The molecule has 5 heteroatoms. The summed E-state index contributed by atoms with van der Waals surface area (Å²) in [5, 5.41) is 11.4. The number of hydrogen-bond acceptors (Lipinski definition) is 5. The molecule has 0 amide bonds. The van der Waals surface area contributed by atoms with Gasteiger partial charge in [-0.25, -0.2) is 0 Å². The van der Waals surface area contributed by atoms with E-state index in [2.05, 4.69) is 20.8 Å². The molecule has 3 saturated carbocycles. The minimum atomic E-state index is -0.814. The molecule has 0 aromatic carbocycles. The van der Waals surface area contributed by atoms with Gasteiger partial charge in [-0.1, -0.05) is 13.8 Å². The number of rotatable bonds is 1. The summed E-state index contributed by atoms with van der Waals surface area (Å²) in [5.74, 6) is 0.0587. The number of carbonyl (C=O) groups is 2. The average molecular weight is 425 g/mol. The molecule has 0 bridgehead atoms. The van der Waals surface area contributed by atoms with E-state index in [0.29, 0.717) is 18.4 Å². The Hall–Kier alpha value is -1.88. The van der Waals surface area contributed by atoms with E-state index in [0.717, 1.165) is 19.3 Å². The molecule has 1 aliphatic heterocycles. The summed E-state index contributed by atoms with van der Waals surface area (Å²) in [6.07, 6.45) is 7.48. The van der Waals surface area contributed by atoms with Gasteiger partial charge in [-0.05, 0) is 80.9 Å². The molecule has 31 heavy (non-hydrogen) atoms. The van der Waals surface area contributed by atoms with Gasteiger partial charge < -0.3 is 14.3 Å². The Morgan fingerprint density at radius 3 is 2.52 bits per heavy atom. The standard InChI is InChI=1S/C26H32O5/c1-22(2)17(27)7-9-23(3)16-6-10-24(4)15(14-8-11-30-13-14)12-18-26(24,31-18)25(16,5)21(29)19(28)20(22)23/h8,11,13,15-16,18,28H,6-7,9-10,12H2,1-5H3/t15-,16+,18+,23+,24-,25-,26+/m0/s1. The molecule has 2 heterocycles. The number of epoxide rings is 1. The number of aliphatic hydroxyl groups excluding tert-OH is 1. The van der Waals surface area contributed by atoms with Crippen molar-refractivity contribution in [3.8, 4) is 0 Å². The summed E-state index contributed by atoms with van der Waals surface area (Å²) in [6.45, 7) is 10.3. The highest BCUT2D eigenvalue weighted by Gasteiger charge is 2.87. The third kappa shape index (κ3) is 1.84. The molecule has 7 atom stereocenters. The molecule has 1 spiro atoms. The highest BCUT2D eigenvalue weighted by molar-refractivity contribution is 6.04. The fourth-order valence-corrected chi connectivity index (χ4v) is 9.24. The monoisotopic (exact) mass is 424 g/mol. The van der Waals surface area contributed by atoms with Crippen LogP contribution in [0.2, 0.25) is 0 Å². The van der Waals surface area contributed by atoms with Crippen LogP contribution in [-0.2, 0) is 14.3 Å². The van der Waals surface area contributed by atoms with E-state index in [-0.39, 0.29) is 46.1 Å². The van der Waals surface area contributed by atoms with Crippen LogP contribution in [0.1, 0.15) is 78.2 Å². The molecule has 6 rings (SSSR count). The van der Waals surface area contributed by atoms with Crippen LogP contribution in [-0.4, -0.2) is 28.4 Å². The predicted molar refractivity (Wildman–Crippen MR) is 113 cm³/mol. The molecule has 4 aliphatic carbocycles. The fraction of sp³-hybridized carbons (Fsp3) is 0.692. The van der Waals surface area contributed by atoms with Crippen molar-refractivity contribution in [3.05, 3.63) is 35.5 Å². The molecule has 1 aromatic heterocycles. The predicted octanol–water partition coefficient (Wildman–Crippen LogP) is 5.12. The highest BCUT2D eigenvalue weighted by atomic mass is 16.6. The van der Waals surface area contributed by atoms with Crippen molar-refractivity contribution >= 4 is 11.6 Å². The van der Waals surface area contributed by atoms with Gasteiger partial charge in [-0.3, -0.25) is 9.59 Å². The maximum Gasteiger partial charge on any atom is 0.206 e. The van der Waals surface area contributed by atoms with Gasteiger partial charge in [-0.2, -0.15) is 0 Å². The number of Topliss-reactive ketones (excluding diaryl/α,β-unsaturated/α-hetero) is 2. The Morgan fingerprint density at radius 2 is 1.84 bits per heavy atom. The number of hydrogen-bond donors (Lipinski definition) is 1. The zero-order valence-electron chi connectivity index (χ0n) is 19.1. The topological polar surface area (TPSA) is 80.0 Å². The Morgan fingerprint density at radius 1 is 1.10 bits per heavy atom. The van der Waals surface area contributed by atoms with Gasteiger partial charge in [0.2, 0.25) is 5.78 Å². The quantitative estimate of drug-likeness (QED) is 0.633. The summed E-state index contributed by atoms with van der Waals surface area (Å²) in [4.78, 5) is 26.9. The number of allylic oxidation sites excluding steroid dienone is 2. The van der Waals surface area contributed by atoms with Crippen LogP contribution in [0.15, 0.2) is 34.3 Å². The third-order valence-corrected chi connectivity index (χ3v) is 10.6. The maximum atomic E-state index is 14.1. The van der Waals surface area contributed by atoms with Gasteiger partial charge >= 0.3 is 0 Å². The average Bonchev–Trinajstić information content (AvgIpc) is 3.07. The number of ketones is 2. The number of carbonyl (C=O) groups excluding carboxylic acids is 2. The zero-order chi connectivity index (χ0) is 22.2. The minimum Gasteiger partial charge on any atom is -0.504 e. The molecule has 1 N–H and O–H groups in total. The summed E-state index contributed by atoms with van der Waals surface area (Å²) >= 11 is 0. The molecule has 4 fully saturated rings. The van der Waals surface area contributed by atoms with Gasteiger partial charge in [0.1, 0.15) is 11.4 Å². The largest absolute Gasteiger partial charge is 0.504 e. The van der Waals surface area contributed by atoms with Crippen LogP contribution in [0.4, 0.5) is 0 Å². The molecular formula is C26H32O5. The van der Waals surface area contributed by atoms with E-state index in [1.54, 1.807) is 6.26 Å². The molecule has 0 radical (unpaired) electrons. The van der Waals surface area contributed by atoms with E-state index in [4.69, 9.17) is 9.15 Å². The lowest BCUT2D eigenvalue weighted by atomic mass is 9.38. The number of furan rings is 1. The van der Waals surface area contributed by atoms with E-state index >= 15 is 0 Å². The lowest BCUT2D eigenvalue weighted by Gasteiger charge is -2.63. The van der Waals surface area contributed by atoms with Crippen molar-refractivity contribution in [2.75, 3.05) is 0 Å². The fourth-order valence-electron chi connectivity index (χ4n) is 9.24. The Bertz CT molecular complexity index is 1050. The SMILES string of the molecule is CC1(C)C(=O)CC[C@@]2(C)C1=C(O)C(=O)[C@]1(C)[C@@H]2CC[C@@]2(C)[C@H](c3ccoc3)C[C@H]3O[C@]321. The second-order valence-corrected chi connectivity index (χ2v) is 11.9. The third-order valence-electron chi connectivity index (χ3n) is 10.6. The van der Waals surface area contributed by atoms with Gasteiger partial charge in [0.25, 0.3) is 0 Å². The molecular weight excluding hydrogens is 392 g/mol. The Balaban J connectivity index is 1.55. The maximum absolute atomic E-state index is 14.1. The summed E-state index contributed by atoms with van der Waals surface area (Å²) in [5.41, 5.74) is -0.922. The van der Waals surface area contributed by atoms with Crippen molar-refractivity contribution in [2.45, 2.75) is 84.3 Å². The van der Waals surface area contributed by atoms with Crippen molar-refractivity contribution < 1.29 is 23.8 Å². The minimum absolute atomic E-state index is 0.0188. The molecule has 166 valence electrons. The van der Waals surface area contributed by atoms with Crippen molar-refractivity contribution in [3.63, 3.8) is 0 Å². The number of fused-ring (bicyclic) bond motifs is 3. The van der Waals surface area contributed by atoms with Gasteiger partial charge in [-0.15, -0.1) is 0 Å². The summed E-state index contributed by atoms with van der Waals surface area (Å²) in [6, 6.07) is 2.04. The molecule has 5 nitrogen and oxygen atoms in total. The van der Waals surface area contributed by atoms with Crippen LogP contribution in [0, 0.1) is 27.6 Å². The zero-order valence-corrected chi connectivity index (χ0v) is 19.1. The normalized spacial score (nSPS) is 49.9. The van der Waals surface area contributed by atoms with Gasteiger partial charge in [0, 0.05) is 17.3 Å². The van der Waals surface area contributed by atoms with Gasteiger partial charge in [0.05, 0.1) is 24.0 Å². The van der Waals surface area contributed by atoms with Crippen LogP contribution < -0.4 is 0 Å². The first kappa shape index (κ1) is 19.8. The highest BCUT2D eigenvalue weighted by Crippen LogP contribution is 2.81. The molecule has 0 unspecified atom stereocenters. The first-order valence-corrected chi connectivity index (χ1v) is 11.7. The Labute approximate surface area is 183 Å². The van der Waals surface area contributed by atoms with Crippen LogP contribution >= 0.6 is 0 Å². The number of aliphatic hydroxyl groups is 1. The van der Waals surface area contributed by atoms with Crippen molar-refractivity contribution in [1.29, 1.82) is 0 Å². The van der Waals surface area contributed by atoms with Gasteiger partial charge in [0.15, 0.2) is 5.76 Å². The van der Waals surface area contributed by atoms with Crippen molar-refractivity contribution in [2.24, 2.45) is 27.6 Å². The second kappa shape index (κ2) is 5.36. The lowest BCUT2D eigenvalue weighted by Crippen LogP contribution is -2.67. The van der Waals surface area contributed by atoms with E-state index in [1.165, 1.54) is 5.56 Å². The molecule has 1 saturated heterocycles. The van der Waals surface area contributed by atoms with Crippen molar-refractivity contribution in [1.82, 2.24) is 0 Å². The first-order chi connectivity index (χ1) is 14.5. The molecule has 5 aliphatic rings. The van der Waals surface area contributed by atoms with E-state index in [9.17, 15) is 14.7 Å². The summed E-state index contributed by atoms with van der Waals surface area (Å²) < 4.78 is 11.9. The van der Waals surface area contributed by atoms with Crippen LogP contribution in [0.5, 0.6) is 0 Å². The second-order valence-electron chi connectivity index (χ2n) is 11.9. The van der Waals surface area contributed by atoms with E-state index < -0.39 is 16.4 Å². The summed E-state index contributed by atoms with van der Waals surface area (Å²) in [7, 11) is 0. The molecule has 1 aromatic rings. The van der Waals surface area contributed by atoms with Crippen LogP contribution in [0.3, 0.4) is 0 Å². The lowest BCUT2D eigenvalue weighted by molar-refractivity contribution is -0.168. The smallest absolute Gasteiger partial charge is 0.206 e. The van der Waals surface area contributed by atoms with E-state index in [1.807, 2.05) is 26.2 Å². The Kier molecular flexibility index (Phi) is 3.42. The van der Waals surface area contributed by atoms with Crippen LogP contribution in [0.25, 0.3) is 0 Å².